The lowest BCUT2D eigenvalue weighted by Crippen LogP contribution is -2.19. The van der Waals surface area contributed by atoms with Crippen LogP contribution in [0, 0.1) is 5.82 Å². The fourth-order valence-corrected chi connectivity index (χ4v) is 2.30. The summed E-state index contributed by atoms with van der Waals surface area (Å²) in [5, 5.41) is 3.23. The van der Waals surface area contributed by atoms with Crippen LogP contribution in [0.2, 0.25) is 0 Å². The molecule has 0 amide bonds. The number of hydrogen-bond acceptors (Lipinski definition) is 2. The molecular formula is C14H14BrFN2. The monoisotopic (exact) mass is 308 g/mol. The largest absolute Gasteiger partial charge is 0.313 e. The Morgan fingerprint density at radius 1 is 1.39 bits per heavy atom. The Balaban J connectivity index is 2.23. The molecule has 94 valence electrons. The molecule has 1 aromatic carbocycles. The molecule has 0 radical (unpaired) electrons. The van der Waals surface area contributed by atoms with Gasteiger partial charge in [0.05, 0.1) is 0 Å². The highest BCUT2D eigenvalue weighted by Crippen LogP contribution is 2.24. The smallest absolute Gasteiger partial charge is 0.123 e. The van der Waals surface area contributed by atoms with Crippen molar-refractivity contribution in [2.45, 2.75) is 12.5 Å². The maximum Gasteiger partial charge on any atom is 0.123 e. The summed E-state index contributed by atoms with van der Waals surface area (Å²) in [5.74, 6) is -0.214. The van der Waals surface area contributed by atoms with Crippen LogP contribution in [0.15, 0.2) is 47.2 Å². The van der Waals surface area contributed by atoms with Crippen molar-refractivity contribution in [3.63, 3.8) is 0 Å². The van der Waals surface area contributed by atoms with E-state index < -0.39 is 0 Å². The Hall–Kier alpha value is -1.26. The van der Waals surface area contributed by atoms with Gasteiger partial charge >= 0.3 is 0 Å². The molecule has 0 aliphatic carbocycles. The summed E-state index contributed by atoms with van der Waals surface area (Å²) < 4.78 is 14.2. The second-order valence-electron chi connectivity index (χ2n) is 4.07. The van der Waals surface area contributed by atoms with Gasteiger partial charge in [-0.15, -0.1) is 0 Å². The second-order valence-corrected chi connectivity index (χ2v) is 4.92. The number of pyridine rings is 1. The van der Waals surface area contributed by atoms with Gasteiger partial charge in [0.25, 0.3) is 0 Å². The summed E-state index contributed by atoms with van der Waals surface area (Å²) in [4.78, 5) is 4.11. The van der Waals surface area contributed by atoms with Gasteiger partial charge in [-0.2, -0.15) is 0 Å². The topological polar surface area (TPSA) is 24.9 Å². The minimum absolute atomic E-state index is 0.122. The third-order valence-electron chi connectivity index (χ3n) is 2.87. The van der Waals surface area contributed by atoms with Crippen LogP contribution in [-0.2, 0) is 6.42 Å². The number of likely N-dealkylation sites (N-methyl/N-ethyl adjacent to an activating group) is 1. The first kappa shape index (κ1) is 13.2. The third-order valence-corrected chi connectivity index (χ3v) is 3.64. The Kier molecular flexibility index (Phi) is 4.44. The van der Waals surface area contributed by atoms with Crippen molar-refractivity contribution < 1.29 is 4.39 Å². The molecule has 0 bridgehead atoms. The normalized spacial score (nSPS) is 12.4. The van der Waals surface area contributed by atoms with Gasteiger partial charge in [-0.05, 0) is 48.9 Å². The van der Waals surface area contributed by atoms with Crippen LogP contribution in [-0.4, -0.2) is 12.0 Å². The molecule has 1 N–H and O–H groups in total. The van der Waals surface area contributed by atoms with Crippen molar-refractivity contribution in [1.82, 2.24) is 10.3 Å². The molecule has 2 aromatic rings. The average Bonchev–Trinajstić information content (AvgIpc) is 2.41. The summed E-state index contributed by atoms with van der Waals surface area (Å²) in [7, 11) is 1.89. The van der Waals surface area contributed by atoms with Gasteiger partial charge < -0.3 is 5.32 Å². The molecule has 1 atom stereocenters. The highest BCUT2D eigenvalue weighted by atomic mass is 79.9. The van der Waals surface area contributed by atoms with E-state index in [2.05, 4.69) is 26.2 Å². The molecule has 4 heteroatoms. The van der Waals surface area contributed by atoms with E-state index in [0.717, 1.165) is 15.6 Å². The van der Waals surface area contributed by atoms with Crippen LogP contribution in [0.1, 0.15) is 17.2 Å². The highest BCUT2D eigenvalue weighted by Gasteiger charge is 2.12. The molecule has 0 saturated carbocycles. The lowest BCUT2D eigenvalue weighted by molar-refractivity contribution is 0.581. The van der Waals surface area contributed by atoms with Crippen molar-refractivity contribution in [2.24, 2.45) is 0 Å². The molecule has 1 aromatic heterocycles. The minimum Gasteiger partial charge on any atom is -0.313 e. The van der Waals surface area contributed by atoms with E-state index >= 15 is 0 Å². The van der Waals surface area contributed by atoms with E-state index in [1.165, 1.54) is 6.07 Å². The lowest BCUT2D eigenvalue weighted by atomic mass is 10.0. The van der Waals surface area contributed by atoms with Crippen LogP contribution < -0.4 is 5.32 Å². The van der Waals surface area contributed by atoms with Gasteiger partial charge in [-0.1, -0.05) is 22.0 Å². The highest BCUT2D eigenvalue weighted by molar-refractivity contribution is 9.10. The number of rotatable bonds is 4. The molecule has 0 fully saturated rings. The predicted octanol–water partition coefficient (Wildman–Crippen LogP) is 3.49. The van der Waals surface area contributed by atoms with Crippen LogP contribution in [0.25, 0.3) is 0 Å². The molecule has 18 heavy (non-hydrogen) atoms. The quantitative estimate of drug-likeness (QED) is 0.935. The third kappa shape index (κ3) is 3.15. The zero-order valence-electron chi connectivity index (χ0n) is 10.0. The minimum atomic E-state index is -0.214. The summed E-state index contributed by atoms with van der Waals surface area (Å²) >= 11 is 3.45. The van der Waals surface area contributed by atoms with Crippen LogP contribution in [0.4, 0.5) is 4.39 Å². The van der Waals surface area contributed by atoms with E-state index in [9.17, 15) is 4.39 Å². The Labute approximate surface area is 114 Å². The molecule has 1 unspecified atom stereocenters. The molecule has 2 nitrogen and oxygen atoms in total. The Bertz CT molecular complexity index is 516. The Morgan fingerprint density at radius 2 is 2.22 bits per heavy atom. The zero-order valence-corrected chi connectivity index (χ0v) is 11.6. The Morgan fingerprint density at radius 3 is 2.89 bits per heavy atom. The first-order valence-electron chi connectivity index (χ1n) is 5.72. The fraction of sp³-hybridized carbons (Fsp3) is 0.214. The van der Waals surface area contributed by atoms with Gasteiger partial charge in [0.2, 0.25) is 0 Å². The number of halogens is 2. The summed E-state index contributed by atoms with van der Waals surface area (Å²) in [6, 6.07) is 8.79. The van der Waals surface area contributed by atoms with E-state index in [-0.39, 0.29) is 11.9 Å². The standard InChI is InChI=1S/C14H14BrFN2/c1-17-14(10-3-2-6-18-9-10)8-11-7-12(16)4-5-13(11)15/h2-7,9,14,17H,8H2,1H3. The van der Waals surface area contributed by atoms with E-state index in [0.29, 0.717) is 6.42 Å². The van der Waals surface area contributed by atoms with Crippen molar-refractivity contribution >= 4 is 15.9 Å². The predicted molar refractivity (Wildman–Crippen MR) is 73.8 cm³/mol. The number of aromatic nitrogens is 1. The first-order chi connectivity index (χ1) is 8.70. The zero-order chi connectivity index (χ0) is 13.0. The molecule has 0 aliphatic rings. The summed E-state index contributed by atoms with van der Waals surface area (Å²) in [6.07, 6.45) is 4.28. The molecule has 1 heterocycles. The van der Waals surface area contributed by atoms with Gasteiger partial charge in [-0.3, -0.25) is 4.98 Å². The van der Waals surface area contributed by atoms with Crippen LogP contribution in [0.5, 0.6) is 0 Å². The fourth-order valence-electron chi connectivity index (χ4n) is 1.89. The number of benzene rings is 1. The van der Waals surface area contributed by atoms with Gasteiger partial charge in [0.1, 0.15) is 5.82 Å². The number of hydrogen-bond donors (Lipinski definition) is 1. The van der Waals surface area contributed by atoms with Crippen LogP contribution in [0.3, 0.4) is 0 Å². The van der Waals surface area contributed by atoms with Crippen molar-refractivity contribution in [3.8, 4) is 0 Å². The van der Waals surface area contributed by atoms with Gasteiger partial charge in [-0.25, -0.2) is 4.39 Å². The summed E-state index contributed by atoms with van der Waals surface area (Å²) in [5.41, 5.74) is 2.04. The van der Waals surface area contributed by atoms with Gasteiger partial charge in [0, 0.05) is 22.9 Å². The lowest BCUT2D eigenvalue weighted by Gasteiger charge is -2.17. The van der Waals surface area contributed by atoms with Crippen molar-refractivity contribution in [1.29, 1.82) is 0 Å². The maximum absolute atomic E-state index is 13.3. The first-order valence-corrected chi connectivity index (χ1v) is 6.51. The average molecular weight is 309 g/mol. The molecule has 0 aliphatic heterocycles. The molecular weight excluding hydrogens is 295 g/mol. The van der Waals surface area contributed by atoms with E-state index in [1.807, 2.05) is 25.4 Å². The van der Waals surface area contributed by atoms with Crippen molar-refractivity contribution in [2.75, 3.05) is 7.05 Å². The SMILES string of the molecule is CNC(Cc1cc(F)ccc1Br)c1cccnc1. The van der Waals surface area contributed by atoms with Crippen LogP contribution >= 0.6 is 15.9 Å². The van der Waals surface area contributed by atoms with E-state index in [4.69, 9.17) is 0 Å². The maximum atomic E-state index is 13.3. The molecule has 2 rings (SSSR count). The van der Waals surface area contributed by atoms with Crippen molar-refractivity contribution in [3.05, 3.63) is 64.1 Å². The van der Waals surface area contributed by atoms with E-state index in [1.54, 1.807) is 18.3 Å². The summed E-state index contributed by atoms with van der Waals surface area (Å²) in [6.45, 7) is 0. The molecule has 0 spiro atoms. The van der Waals surface area contributed by atoms with Gasteiger partial charge in [0.15, 0.2) is 0 Å². The molecule has 0 saturated heterocycles. The number of nitrogens with one attached hydrogen (secondary N) is 1. The number of nitrogens with zero attached hydrogens (tertiary/aromatic N) is 1. The second kappa shape index (κ2) is 6.07.